The summed E-state index contributed by atoms with van der Waals surface area (Å²) in [6.45, 7) is 19.1. The highest BCUT2D eigenvalue weighted by Crippen LogP contribution is 2.26. The zero-order valence-electron chi connectivity index (χ0n) is 31.6. The smallest absolute Gasteiger partial charge is 0.408 e. The van der Waals surface area contributed by atoms with Crippen molar-refractivity contribution in [3.05, 3.63) is 71.3 Å². The maximum atomic E-state index is 14.7. The van der Waals surface area contributed by atoms with Gasteiger partial charge in [-0.3, -0.25) is 9.59 Å². The Kier molecular flexibility index (Phi) is 16.3. The number of carbonyl (C=O) groups excluding carboxylic acids is 4. The van der Waals surface area contributed by atoms with Crippen molar-refractivity contribution < 1.29 is 28.7 Å². The van der Waals surface area contributed by atoms with Crippen LogP contribution >= 0.6 is 0 Å². The van der Waals surface area contributed by atoms with Crippen molar-refractivity contribution in [2.75, 3.05) is 6.54 Å². The number of nitrogens with zero attached hydrogens (tertiary/aromatic N) is 1. The number of esters is 1. The van der Waals surface area contributed by atoms with Gasteiger partial charge < -0.3 is 25.0 Å². The predicted molar refractivity (Wildman–Crippen MR) is 195 cm³/mol. The SMILES string of the molecule is CCCCCCN(C(=O)C(CC(C)C)NC(=O)OC(C)(C)C)C(C(=O)NC(Cc1ccccc1)C(=O)OC(C)(C)C)c1ccc(CC)cc1. The number of rotatable bonds is 17. The van der Waals surface area contributed by atoms with E-state index in [9.17, 15) is 19.2 Å². The van der Waals surface area contributed by atoms with Gasteiger partial charge in [0.15, 0.2) is 0 Å². The number of hydrogen-bond acceptors (Lipinski definition) is 6. The molecule has 2 aromatic rings. The first-order valence-electron chi connectivity index (χ1n) is 17.9. The molecule has 0 spiro atoms. The van der Waals surface area contributed by atoms with E-state index < -0.39 is 47.3 Å². The van der Waals surface area contributed by atoms with Crippen LogP contribution in [0.15, 0.2) is 54.6 Å². The Balaban J connectivity index is 2.65. The summed E-state index contributed by atoms with van der Waals surface area (Å²) in [5, 5.41) is 5.79. The van der Waals surface area contributed by atoms with Gasteiger partial charge in [-0.05, 0) is 83.4 Å². The Bertz CT molecular complexity index is 1330. The van der Waals surface area contributed by atoms with E-state index in [-0.39, 0.29) is 24.8 Å². The molecule has 2 rings (SSSR count). The third-order valence-electron chi connectivity index (χ3n) is 7.79. The first-order valence-corrected chi connectivity index (χ1v) is 17.9. The molecule has 3 amide bonds. The van der Waals surface area contributed by atoms with E-state index in [0.717, 1.165) is 36.8 Å². The van der Waals surface area contributed by atoms with Crippen molar-refractivity contribution in [3.63, 3.8) is 0 Å². The van der Waals surface area contributed by atoms with Crippen LogP contribution in [0.4, 0.5) is 4.79 Å². The third kappa shape index (κ3) is 15.0. The van der Waals surface area contributed by atoms with Crippen LogP contribution < -0.4 is 10.6 Å². The second kappa shape index (κ2) is 19.3. The van der Waals surface area contributed by atoms with E-state index in [1.807, 2.05) is 68.4 Å². The molecule has 0 bridgehead atoms. The Morgan fingerprint density at radius 2 is 1.35 bits per heavy atom. The Morgan fingerprint density at radius 3 is 1.88 bits per heavy atom. The molecular weight excluding hydrogens is 618 g/mol. The molecule has 9 nitrogen and oxygen atoms in total. The van der Waals surface area contributed by atoms with Gasteiger partial charge in [0, 0.05) is 13.0 Å². The molecule has 0 fully saturated rings. The van der Waals surface area contributed by atoms with Gasteiger partial charge in [-0.1, -0.05) is 102 Å². The Morgan fingerprint density at radius 1 is 0.735 bits per heavy atom. The van der Waals surface area contributed by atoms with Crippen LogP contribution in [-0.2, 0) is 36.7 Å². The summed E-state index contributed by atoms with van der Waals surface area (Å²) in [4.78, 5) is 57.4. The van der Waals surface area contributed by atoms with Gasteiger partial charge in [0.05, 0.1) is 0 Å². The first-order chi connectivity index (χ1) is 22.9. The fraction of sp³-hybridized carbons (Fsp3) is 0.600. The van der Waals surface area contributed by atoms with E-state index in [4.69, 9.17) is 9.47 Å². The average Bonchev–Trinajstić information content (AvgIpc) is 3.00. The molecule has 0 radical (unpaired) electrons. The van der Waals surface area contributed by atoms with Crippen molar-refractivity contribution >= 4 is 23.9 Å². The van der Waals surface area contributed by atoms with Gasteiger partial charge in [-0.25, -0.2) is 9.59 Å². The van der Waals surface area contributed by atoms with Crippen molar-refractivity contribution in [1.82, 2.24) is 15.5 Å². The number of aryl methyl sites for hydroxylation is 1. The topological polar surface area (TPSA) is 114 Å². The number of carbonyl (C=O) groups is 4. The summed E-state index contributed by atoms with van der Waals surface area (Å²) in [7, 11) is 0. The number of unbranched alkanes of at least 4 members (excludes halogenated alkanes) is 3. The van der Waals surface area contributed by atoms with E-state index in [1.165, 1.54) is 0 Å². The lowest BCUT2D eigenvalue weighted by atomic mass is 9.97. The summed E-state index contributed by atoms with van der Waals surface area (Å²) in [6.07, 6.45) is 4.19. The third-order valence-corrected chi connectivity index (χ3v) is 7.79. The van der Waals surface area contributed by atoms with E-state index in [0.29, 0.717) is 18.4 Å². The number of ether oxygens (including phenoxy) is 2. The number of alkyl carbamates (subject to hydrolysis) is 1. The minimum Gasteiger partial charge on any atom is -0.458 e. The summed E-state index contributed by atoms with van der Waals surface area (Å²) in [5.41, 5.74) is 1.03. The average molecular weight is 680 g/mol. The zero-order valence-corrected chi connectivity index (χ0v) is 31.6. The lowest BCUT2D eigenvalue weighted by molar-refractivity contribution is -0.159. The molecule has 3 atom stereocenters. The molecule has 2 aromatic carbocycles. The Hall–Kier alpha value is -3.88. The maximum Gasteiger partial charge on any atom is 0.408 e. The summed E-state index contributed by atoms with van der Waals surface area (Å²) in [6, 6.07) is 14.1. The van der Waals surface area contributed by atoms with Crippen molar-refractivity contribution in [1.29, 1.82) is 0 Å². The van der Waals surface area contributed by atoms with Gasteiger partial charge in [0.25, 0.3) is 0 Å². The molecule has 0 saturated heterocycles. The fourth-order valence-corrected chi connectivity index (χ4v) is 5.49. The van der Waals surface area contributed by atoms with Crippen LogP contribution in [0, 0.1) is 5.92 Å². The molecule has 9 heteroatoms. The highest BCUT2D eigenvalue weighted by molar-refractivity contribution is 5.94. The minimum atomic E-state index is -1.07. The monoisotopic (exact) mass is 679 g/mol. The summed E-state index contributed by atoms with van der Waals surface area (Å²) in [5.74, 6) is -1.38. The molecule has 0 heterocycles. The zero-order chi connectivity index (χ0) is 36.8. The molecule has 0 aliphatic rings. The second-order valence-electron chi connectivity index (χ2n) is 15.2. The molecule has 0 aliphatic heterocycles. The Labute approximate surface area is 294 Å². The minimum absolute atomic E-state index is 0.0596. The van der Waals surface area contributed by atoms with E-state index >= 15 is 0 Å². The van der Waals surface area contributed by atoms with Crippen LogP contribution in [0.25, 0.3) is 0 Å². The van der Waals surface area contributed by atoms with Gasteiger partial charge in [-0.15, -0.1) is 0 Å². The number of hydrogen-bond donors (Lipinski definition) is 2. The lowest BCUT2D eigenvalue weighted by Gasteiger charge is -2.36. The van der Waals surface area contributed by atoms with Crippen LogP contribution in [0.2, 0.25) is 0 Å². The molecule has 0 aromatic heterocycles. The van der Waals surface area contributed by atoms with E-state index in [1.54, 1.807) is 46.4 Å². The van der Waals surface area contributed by atoms with Crippen molar-refractivity contribution in [2.45, 2.75) is 144 Å². The summed E-state index contributed by atoms with van der Waals surface area (Å²) < 4.78 is 11.3. The van der Waals surface area contributed by atoms with Gasteiger partial charge >= 0.3 is 12.1 Å². The van der Waals surface area contributed by atoms with Crippen LogP contribution in [0.1, 0.15) is 124 Å². The standard InChI is InChI=1S/C40H61N3O6/c1-11-13-14-18-25-43(36(45)32(26-28(3)4)42-38(47)49-40(8,9)10)34(31-23-21-29(12-2)22-24-31)35(44)41-33(37(46)48-39(5,6)7)27-30-19-16-15-17-20-30/h15-17,19-24,28,32-34H,11-14,18,25-27H2,1-10H3,(H,41,44)(H,42,47). The number of amides is 3. The molecule has 3 unspecified atom stereocenters. The largest absolute Gasteiger partial charge is 0.458 e. The molecule has 2 N–H and O–H groups in total. The van der Waals surface area contributed by atoms with Gasteiger partial charge in [0.1, 0.15) is 29.3 Å². The summed E-state index contributed by atoms with van der Waals surface area (Å²) >= 11 is 0. The van der Waals surface area contributed by atoms with Crippen LogP contribution in [0.5, 0.6) is 0 Å². The van der Waals surface area contributed by atoms with Gasteiger partial charge in [0.2, 0.25) is 11.8 Å². The fourth-order valence-electron chi connectivity index (χ4n) is 5.49. The normalized spacial score (nSPS) is 13.6. The van der Waals surface area contributed by atoms with Crippen molar-refractivity contribution in [2.24, 2.45) is 5.92 Å². The quantitative estimate of drug-likeness (QED) is 0.131. The number of nitrogens with one attached hydrogen (secondary N) is 2. The van der Waals surface area contributed by atoms with E-state index in [2.05, 4.69) is 24.5 Å². The van der Waals surface area contributed by atoms with Gasteiger partial charge in [-0.2, -0.15) is 0 Å². The second-order valence-corrected chi connectivity index (χ2v) is 15.2. The molecule has 0 saturated carbocycles. The predicted octanol–water partition coefficient (Wildman–Crippen LogP) is 7.71. The van der Waals surface area contributed by atoms with Crippen LogP contribution in [-0.4, -0.2) is 58.6 Å². The molecular formula is C40H61N3O6. The number of benzene rings is 2. The maximum absolute atomic E-state index is 14.7. The molecule has 0 aliphatic carbocycles. The highest BCUT2D eigenvalue weighted by Gasteiger charge is 2.38. The van der Waals surface area contributed by atoms with Crippen molar-refractivity contribution in [3.8, 4) is 0 Å². The van der Waals surface area contributed by atoms with Crippen LogP contribution in [0.3, 0.4) is 0 Å². The lowest BCUT2D eigenvalue weighted by Crippen LogP contribution is -2.55. The highest BCUT2D eigenvalue weighted by atomic mass is 16.6. The molecule has 272 valence electrons. The first kappa shape index (κ1) is 41.3. The molecule has 49 heavy (non-hydrogen) atoms.